The second-order valence-electron chi connectivity index (χ2n) is 8.35. The molecule has 0 radical (unpaired) electrons. The van der Waals surface area contributed by atoms with Crippen molar-refractivity contribution in [2.75, 3.05) is 50.8 Å². The van der Waals surface area contributed by atoms with Gasteiger partial charge in [-0.25, -0.2) is 8.42 Å². The number of hydrogen-bond donors (Lipinski definition) is 1. The first-order chi connectivity index (χ1) is 12.9. The Labute approximate surface area is 186 Å². The first-order valence-corrected chi connectivity index (χ1v) is 11.8. The van der Waals surface area contributed by atoms with E-state index in [0.29, 0.717) is 25.0 Å². The topological polar surface area (TPSA) is 69.7 Å². The number of sulfone groups is 1. The molecule has 1 N–H and O–H groups in total. The van der Waals surface area contributed by atoms with Gasteiger partial charge in [-0.05, 0) is 48.9 Å². The molecule has 1 aromatic rings. The van der Waals surface area contributed by atoms with E-state index in [4.69, 9.17) is 0 Å². The van der Waals surface area contributed by atoms with Gasteiger partial charge in [0.1, 0.15) is 0 Å². The van der Waals surface area contributed by atoms with Gasteiger partial charge in [0.2, 0.25) is 0 Å². The Balaban J connectivity index is 0.00000150. The van der Waals surface area contributed by atoms with Gasteiger partial charge >= 0.3 is 0 Å². The van der Waals surface area contributed by atoms with Crippen molar-refractivity contribution in [3.8, 4) is 0 Å². The molecule has 0 atom stereocenters. The lowest BCUT2D eigenvalue weighted by atomic mass is 9.78. The van der Waals surface area contributed by atoms with Crippen molar-refractivity contribution >= 4 is 40.6 Å². The van der Waals surface area contributed by atoms with E-state index in [9.17, 15) is 13.2 Å². The predicted molar refractivity (Wildman–Crippen MR) is 120 cm³/mol. The standard InChI is InChI=1S/C20H29N3O3S.2ClH/c24-19(23-8-5-20(6-9-23)4-7-21-16-20)18-3-1-2-17(14-18)15-22-10-12-27(25,26)13-11-22;;/h1-3,14,21H,4-13,15-16H2;2*1H. The lowest BCUT2D eigenvalue weighted by Crippen LogP contribution is -2.44. The fourth-order valence-corrected chi connectivity index (χ4v) is 5.84. The van der Waals surface area contributed by atoms with Crippen molar-refractivity contribution in [1.82, 2.24) is 15.1 Å². The molecular formula is C20H31Cl2N3O3S. The summed E-state index contributed by atoms with van der Waals surface area (Å²) in [7, 11) is -2.86. The SMILES string of the molecule is Cl.Cl.O=C(c1cccc(CN2CCS(=O)(=O)CC2)c1)N1CCC2(CCNC2)CC1. The maximum Gasteiger partial charge on any atom is 0.253 e. The quantitative estimate of drug-likeness (QED) is 0.741. The van der Waals surface area contributed by atoms with Gasteiger partial charge < -0.3 is 10.2 Å². The van der Waals surface area contributed by atoms with Crippen LogP contribution in [0.25, 0.3) is 0 Å². The zero-order chi connectivity index (χ0) is 18.9. The Morgan fingerprint density at radius 3 is 2.34 bits per heavy atom. The number of benzene rings is 1. The van der Waals surface area contributed by atoms with Gasteiger partial charge in [0.15, 0.2) is 9.84 Å². The molecule has 3 saturated heterocycles. The summed E-state index contributed by atoms with van der Waals surface area (Å²) in [5.41, 5.74) is 2.24. The smallest absolute Gasteiger partial charge is 0.253 e. The highest BCUT2D eigenvalue weighted by Crippen LogP contribution is 2.37. The molecule has 0 aliphatic carbocycles. The molecule has 1 aromatic carbocycles. The van der Waals surface area contributed by atoms with Crippen LogP contribution in [-0.2, 0) is 16.4 Å². The minimum Gasteiger partial charge on any atom is -0.339 e. The van der Waals surface area contributed by atoms with E-state index in [1.807, 2.05) is 29.2 Å². The monoisotopic (exact) mass is 463 g/mol. The molecule has 164 valence electrons. The minimum absolute atomic E-state index is 0. The fraction of sp³-hybridized carbons (Fsp3) is 0.650. The first kappa shape index (κ1) is 24.4. The number of rotatable bonds is 3. The molecule has 0 bridgehead atoms. The maximum atomic E-state index is 12.9. The van der Waals surface area contributed by atoms with E-state index < -0.39 is 9.84 Å². The third kappa shape index (κ3) is 5.85. The molecule has 0 unspecified atom stereocenters. The van der Waals surface area contributed by atoms with E-state index in [1.54, 1.807) is 0 Å². The Hall–Kier alpha value is -0.860. The average molecular weight is 464 g/mol. The van der Waals surface area contributed by atoms with Crippen LogP contribution in [0.3, 0.4) is 0 Å². The fourth-order valence-electron chi connectivity index (χ4n) is 4.56. The molecule has 29 heavy (non-hydrogen) atoms. The van der Waals surface area contributed by atoms with Gasteiger partial charge in [0, 0.05) is 44.8 Å². The average Bonchev–Trinajstić information content (AvgIpc) is 3.12. The van der Waals surface area contributed by atoms with E-state index in [0.717, 1.165) is 50.1 Å². The Kier molecular flexibility index (Phi) is 8.39. The Morgan fingerprint density at radius 1 is 1.03 bits per heavy atom. The molecule has 0 aromatic heterocycles. The molecule has 3 fully saturated rings. The van der Waals surface area contributed by atoms with Crippen molar-refractivity contribution in [2.45, 2.75) is 25.8 Å². The van der Waals surface area contributed by atoms with Crippen LogP contribution in [0.1, 0.15) is 35.2 Å². The van der Waals surface area contributed by atoms with Crippen LogP contribution in [0.5, 0.6) is 0 Å². The number of carbonyl (C=O) groups is 1. The molecule has 4 rings (SSSR count). The molecular weight excluding hydrogens is 433 g/mol. The van der Waals surface area contributed by atoms with Crippen molar-refractivity contribution < 1.29 is 13.2 Å². The molecule has 1 spiro atoms. The Bertz CT molecular complexity index is 789. The number of carbonyl (C=O) groups excluding carboxylic acids is 1. The van der Waals surface area contributed by atoms with Gasteiger partial charge in [-0.1, -0.05) is 12.1 Å². The second kappa shape index (κ2) is 9.96. The third-order valence-corrected chi connectivity index (χ3v) is 8.07. The van der Waals surface area contributed by atoms with Crippen LogP contribution in [0.4, 0.5) is 0 Å². The molecule has 9 heteroatoms. The van der Waals surface area contributed by atoms with Gasteiger partial charge in [-0.15, -0.1) is 24.8 Å². The zero-order valence-electron chi connectivity index (χ0n) is 16.6. The summed E-state index contributed by atoms with van der Waals surface area (Å²) in [6, 6.07) is 7.84. The van der Waals surface area contributed by atoms with E-state index >= 15 is 0 Å². The van der Waals surface area contributed by atoms with E-state index in [-0.39, 0.29) is 42.2 Å². The number of piperidine rings is 1. The molecule has 1 amide bonds. The second-order valence-corrected chi connectivity index (χ2v) is 10.7. The number of nitrogens with zero attached hydrogens (tertiary/aromatic N) is 2. The van der Waals surface area contributed by atoms with Crippen LogP contribution >= 0.6 is 24.8 Å². The summed E-state index contributed by atoms with van der Waals surface area (Å²) in [6.07, 6.45) is 3.41. The van der Waals surface area contributed by atoms with Crippen LogP contribution in [-0.4, -0.2) is 74.9 Å². The van der Waals surface area contributed by atoms with Gasteiger partial charge in [-0.2, -0.15) is 0 Å². The number of halogens is 2. The van der Waals surface area contributed by atoms with Crippen LogP contribution < -0.4 is 5.32 Å². The molecule has 3 aliphatic heterocycles. The van der Waals surface area contributed by atoms with Crippen LogP contribution in [0, 0.1) is 5.41 Å². The zero-order valence-corrected chi connectivity index (χ0v) is 19.1. The summed E-state index contributed by atoms with van der Waals surface area (Å²) in [5.74, 6) is 0.588. The van der Waals surface area contributed by atoms with Crippen LogP contribution in [0.15, 0.2) is 24.3 Å². The highest BCUT2D eigenvalue weighted by Gasteiger charge is 2.38. The third-order valence-electron chi connectivity index (χ3n) is 6.46. The summed E-state index contributed by atoms with van der Waals surface area (Å²) in [6.45, 7) is 5.73. The predicted octanol–water partition coefficient (Wildman–Crippen LogP) is 1.98. The lowest BCUT2D eigenvalue weighted by Gasteiger charge is -2.39. The summed E-state index contributed by atoms with van der Waals surface area (Å²) in [5, 5.41) is 3.46. The van der Waals surface area contributed by atoms with E-state index in [2.05, 4.69) is 10.2 Å². The van der Waals surface area contributed by atoms with Gasteiger partial charge in [0.05, 0.1) is 11.5 Å². The van der Waals surface area contributed by atoms with Gasteiger partial charge in [0.25, 0.3) is 5.91 Å². The Morgan fingerprint density at radius 2 is 1.72 bits per heavy atom. The van der Waals surface area contributed by atoms with Crippen molar-refractivity contribution in [2.24, 2.45) is 5.41 Å². The number of likely N-dealkylation sites (tertiary alicyclic amines) is 1. The largest absolute Gasteiger partial charge is 0.339 e. The van der Waals surface area contributed by atoms with Crippen molar-refractivity contribution in [3.63, 3.8) is 0 Å². The summed E-state index contributed by atoms with van der Waals surface area (Å²) in [4.78, 5) is 17.1. The summed E-state index contributed by atoms with van der Waals surface area (Å²) < 4.78 is 23.2. The summed E-state index contributed by atoms with van der Waals surface area (Å²) >= 11 is 0. The first-order valence-electron chi connectivity index (χ1n) is 9.97. The highest BCUT2D eigenvalue weighted by atomic mass is 35.5. The van der Waals surface area contributed by atoms with Crippen molar-refractivity contribution in [1.29, 1.82) is 0 Å². The minimum atomic E-state index is -2.86. The number of hydrogen-bond acceptors (Lipinski definition) is 5. The van der Waals surface area contributed by atoms with Crippen molar-refractivity contribution in [3.05, 3.63) is 35.4 Å². The molecule has 6 nitrogen and oxygen atoms in total. The van der Waals surface area contributed by atoms with E-state index in [1.165, 1.54) is 6.42 Å². The number of amides is 1. The van der Waals surface area contributed by atoms with Gasteiger partial charge in [-0.3, -0.25) is 9.69 Å². The highest BCUT2D eigenvalue weighted by molar-refractivity contribution is 7.91. The lowest BCUT2D eigenvalue weighted by molar-refractivity contribution is 0.0607. The maximum absolute atomic E-state index is 12.9. The van der Waals surface area contributed by atoms with Crippen LogP contribution in [0.2, 0.25) is 0 Å². The number of nitrogens with one attached hydrogen (secondary N) is 1. The molecule has 0 saturated carbocycles. The molecule has 3 aliphatic rings. The molecule has 3 heterocycles. The normalized spacial score (nSPS) is 23.2.